The van der Waals surface area contributed by atoms with Gasteiger partial charge in [-0.25, -0.2) is 4.79 Å². The molecule has 0 bridgehead atoms. The summed E-state index contributed by atoms with van der Waals surface area (Å²) in [7, 11) is 2.73. The number of hydrogen-bond acceptors (Lipinski definition) is 4. The third-order valence-corrected chi connectivity index (χ3v) is 4.01. The van der Waals surface area contributed by atoms with Gasteiger partial charge in [0.05, 0.1) is 0 Å². The molecule has 7 nitrogen and oxygen atoms in total. The van der Waals surface area contributed by atoms with Crippen LogP contribution in [0.1, 0.15) is 15.9 Å². The van der Waals surface area contributed by atoms with E-state index in [-0.39, 0.29) is 16.6 Å². The molecule has 0 fully saturated rings. The van der Waals surface area contributed by atoms with Crippen LogP contribution in [0.4, 0.5) is 0 Å². The maximum absolute atomic E-state index is 12.8. The molecule has 24 heavy (non-hydrogen) atoms. The van der Waals surface area contributed by atoms with Crippen LogP contribution in [0.3, 0.4) is 0 Å². The Morgan fingerprint density at radius 1 is 0.958 bits per heavy atom. The number of nitrogens with zero attached hydrogens (tertiary/aromatic N) is 3. The number of fused-ring (bicyclic) bond motifs is 1. The molecule has 0 saturated carbocycles. The van der Waals surface area contributed by atoms with E-state index in [2.05, 4.69) is 0 Å². The molecule has 0 aliphatic rings. The van der Waals surface area contributed by atoms with Crippen LogP contribution in [-0.4, -0.2) is 19.6 Å². The van der Waals surface area contributed by atoms with E-state index in [1.165, 1.54) is 31.8 Å². The van der Waals surface area contributed by atoms with Crippen LogP contribution in [0.25, 0.3) is 11.0 Å². The molecule has 0 saturated heterocycles. The molecule has 2 aromatic heterocycles. The Labute approximate surface area is 136 Å². The van der Waals surface area contributed by atoms with Crippen LogP contribution in [0.15, 0.2) is 50.9 Å². The van der Waals surface area contributed by atoms with Crippen LogP contribution < -0.4 is 16.7 Å². The highest BCUT2D eigenvalue weighted by molar-refractivity contribution is 6.00. The summed E-state index contributed by atoms with van der Waals surface area (Å²) in [5.41, 5.74) is -1.18. The Morgan fingerprint density at radius 3 is 2.21 bits per heavy atom. The number of rotatable bonds is 1. The Kier molecular flexibility index (Phi) is 3.56. The normalized spacial score (nSPS) is 11.0. The fraction of sp³-hybridized carbons (Fsp3) is 0.176. The number of aromatic nitrogens is 3. The van der Waals surface area contributed by atoms with Gasteiger partial charge in [-0.15, -0.1) is 0 Å². The first kappa shape index (κ1) is 15.7. The summed E-state index contributed by atoms with van der Waals surface area (Å²) in [6.07, 6.45) is 1.36. The summed E-state index contributed by atoms with van der Waals surface area (Å²) in [6, 6.07) is 8.45. The monoisotopic (exact) mass is 325 g/mol. The third kappa shape index (κ3) is 2.13. The smallest absolute Gasteiger partial charge is 0.289 e. The zero-order valence-electron chi connectivity index (χ0n) is 13.4. The van der Waals surface area contributed by atoms with Crippen molar-refractivity contribution >= 4 is 16.9 Å². The van der Waals surface area contributed by atoms with E-state index in [1.54, 1.807) is 30.3 Å². The molecule has 1 aromatic carbocycles. The van der Waals surface area contributed by atoms with Crippen molar-refractivity contribution in [1.82, 2.24) is 13.7 Å². The van der Waals surface area contributed by atoms with Crippen molar-refractivity contribution in [2.45, 2.75) is 6.92 Å². The zero-order valence-corrected chi connectivity index (χ0v) is 13.4. The first-order valence-corrected chi connectivity index (χ1v) is 7.26. The predicted molar refractivity (Wildman–Crippen MR) is 89.6 cm³/mol. The van der Waals surface area contributed by atoms with Crippen LogP contribution in [0.5, 0.6) is 0 Å². The molecule has 0 N–H and O–H groups in total. The van der Waals surface area contributed by atoms with Crippen LogP contribution in [-0.2, 0) is 14.1 Å². The minimum Gasteiger partial charge on any atom is -0.289 e. The first-order valence-electron chi connectivity index (χ1n) is 7.26. The quantitative estimate of drug-likeness (QED) is 0.648. The van der Waals surface area contributed by atoms with E-state index in [9.17, 15) is 19.2 Å². The highest BCUT2D eigenvalue weighted by Gasteiger charge is 2.20. The number of carbonyl (C=O) groups excluding carboxylic acids is 1. The van der Waals surface area contributed by atoms with Gasteiger partial charge in [0, 0.05) is 31.4 Å². The fourth-order valence-corrected chi connectivity index (χ4v) is 2.70. The average Bonchev–Trinajstić information content (AvgIpc) is 2.60. The summed E-state index contributed by atoms with van der Waals surface area (Å²) in [6.45, 7) is 1.53. The van der Waals surface area contributed by atoms with Gasteiger partial charge in [-0.1, -0.05) is 18.2 Å². The van der Waals surface area contributed by atoms with Crippen molar-refractivity contribution in [3.8, 4) is 0 Å². The minimum atomic E-state index is -0.712. The highest BCUT2D eigenvalue weighted by Crippen LogP contribution is 2.10. The molecule has 0 atom stereocenters. The Hall–Kier alpha value is -3.22. The van der Waals surface area contributed by atoms with Crippen LogP contribution in [0.2, 0.25) is 0 Å². The summed E-state index contributed by atoms with van der Waals surface area (Å²) < 4.78 is 3.18. The zero-order chi connectivity index (χ0) is 17.6. The summed E-state index contributed by atoms with van der Waals surface area (Å²) in [5, 5.41) is -0.177. The Bertz CT molecular complexity index is 1150. The van der Waals surface area contributed by atoms with Crippen LogP contribution >= 0.6 is 0 Å². The summed E-state index contributed by atoms with van der Waals surface area (Å²) in [4.78, 5) is 49.9. The van der Waals surface area contributed by atoms with E-state index >= 15 is 0 Å². The molecular weight excluding hydrogens is 310 g/mol. The van der Waals surface area contributed by atoms with Crippen LogP contribution in [0, 0.1) is 6.92 Å². The van der Waals surface area contributed by atoms with Gasteiger partial charge in [0.15, 0.2) is 5.43 Å². The number of pyridine rings is 1. The predicted octanol–water partition coefficient (Wildman–Crippen LogP) is 0.396. The number of benzene rings is 1. The minimum absolute atomic E-state index is 0.00690. The van der Waals surface area contributed by atoms with Gasteiger partial charge in [-0.05, 0) is 19.1 Å². The largest absolute Gasteiger partial charge is 0.332 e. The second-order valence-electron chi connectivity index (χ2n) is 5.59. The van der Waals surface area contributed by atoms with E-state index in [1.807, 2.05) is 0 Å². The molecule has 0 aliphatic carbocycles. The Morgan fingerprint density at radius 2 is 1.58 bits per heavy atom. The van der Waals surface area contributed by atoms with Crippen molar-refractivity contribution in [1.29, 1.82) is 0 Å². The molecule has 0 aliphatic heterocycles. The highest BCUT2D eigenvalue weighted by atomic mass is 16.2. The molecule has 0 amide bonds. The number of carbonyl (C=O) groups is 1. The van der Waals surface area contributed by atoms with Crippen molar-refractivity contribution in [3.63, 3.8) is 0 Å². The molecule has 7 heteroatoms. The SMILES string of the molecule is Cc1cn(C(=O)c2ccccc2)c2c(c1=O)c(=O)n(C)c(=O)n2C. The molecule has 0 unspecified atom stereocenters. The lowest BCUT2D eigenvalue weighted by atomic mass is 10.2. The van der Waals surface area contributed by atoms with Crippen molar-refractivity contribution in [2.24, 2.45) is 14.1 Å². The molecule has 122 valence electrons. The molecule has 0 radical (unpaired) electrons. The Balaban J connectivity index is 2.54. The molecule has 3 aromatic rings. The first-order chi connectivity index (χ1) is 11.3. The second-order valence-corrected chi connectivity index (χ2v) is 5.59. The number of aryl methyl sites for hydroxylation is 2. The maximum atomic E-state index is 12.8. The van der Waals surface area contributed by atoms with Crippen molar-refractivity contribution < 1.29 is 4.79 Å². The number of hydrogen-bond donors (Lipinski definition) is 0. The van der Waals surface area contributed by atoms with E-state index in [4.69, 9.17) is 0 Å². The molecular formula is C17H15N3O4. The van der Waals surface area contributed by atoms with E-state index in [0.29, 0.717) is 5.56 Å². The van der Waals surface area contributed by atoms with Crippen molar-refractivity contribution in [2.75, 3.05) is 0 Å². The lowest BCUT2D eigenvalue weighted by Gasteiger charge is -2.14. The van der Waals surface area contributed by atoms with Crippen molar-refractivity contribution in [3.05, 3.63) is 78.7 Å². The van der Waals surface area contributed by atoms with Gasteiger partial charge in [-0.2, -0.15) is 0 Å². The van der Waals surface area contributed by atoms with Gasteiger partial charge in [-0.3, -0.25) is 28.1 Å². The molecule has 3 rings (SSSR count). The van der Waals surface area contributed by atoms with E-state index in [0.717, 1.165) is 9.13 Å². The molecule has 0 spiro atoms. The topological polar surface area (TPSA) is 83.1 Å². The lowest BCUT2D eigenvalue weighted by Crippen LogP contribution is -2.41. The summed E-state index contributed by atoms with van der Waals surface area (Å²) in [5.74, 6) is -0.424. The van der Waals surface area contributed by atoms with Gasteiger partial charge < -0.3 is 0 Å². The lowest BCUT2D eigenvalue weighted by molar-refractivity contribution is 0.0962. The third-order valence-electron chi connectivity index (χ3n) is 4.01. The standard InChI is InChI=1S/C17H15N3O4/c1-10-9-20(15(22)11-7-5-4-6-8-11)14-12(13(10)21)16(23)19(3)17(24)18(14)2/h4-9H,1-3H3. The summed E-state index contributed by atoms with van der Waals surface area (Å²) >= 11 is 0. The second kappa shape index (κ2) is 5.45. The van der Waals surface area contributed by atoms with Gasteiger partial charge >= 0.3 is 5.69 Å². The average molecular weight is 325 g/mol. The fourth-order valence-electron chi connectivity index (χ4n) is 2.70. The van der Waals surface area contributed by atoms with Gasteiger partial charge in [0.1, 0.15) is 11.0 Å². The van der Waals surface area contributed by atoms with Gasteiger partial charge in [0.25, 0.3) is 11.5 Å². The maximum Gasteiger partial charge on any atom is 0.332 e. The van der Waals surface area contributed by atoms with E-state index < -0.39 is 22.6 Å². The van der Waals surface area contributed by atoms with Gasteiger partial charge in [0.2, 0.25) is 0 Å². The molecule has 2 heterocycles.